The molecule has 1 amide bonds. The fourth-order valence-corrected chi connectivity index (χ4v) is 2.33. The van der Waals surface area contributed by atoms with Gasteiger partial charge in [0.2, 0.25) is 0 Å². The highest BCUT2D eigenvalue weighted by molar-refractivity contribution is 5.95. The predicted molar refractivity (Wildman–Crippen MR) is 88.5 cm³/mol. The second kappa shape index (κ2) is 7.61. The average molecular weight is 348 g/mol. The van der Waals surface area contributed by atoms with Crippen molar-refractivity contribution >= 4 is 11.6 Å². The van der Waals surface area contributed by atoms with E-state index in [1.165, 1.54) is 14.2 Å². The van der Waals surface area contributed by atoms with Crippen molar-refractivity contribution in [2.45, 2.75) is 13.0 Å². The standard InChI is InChI=1S/C17H17FN2O5/c1-10(13-7-5-12(24-2)9-16(13)25-3)19-17(21)14-6-4-11(20(22)23)8-15(14)18/h4-10H,1-3H3,(H,19,21). The Hall–Kier alpha value is -3.16. The van der Waals surface area contributed by atoms with E-state index >= 15 is 0 Å². The van der Waals surface area contributed by atoms with Gasteiger partial charge in [0.25, 0.3) is 11.6 Å². The second-order valence-electron chi connectivity index (χ2n) is 5.22. The Morgan fingerprint density at radius 2 is 1.92 bits per heavy atom. The Balaban J connectivity index is 2.22. The molecule has 25 heavy (non-hydrogen) atoms. The van der Waals surface area contributed by atoms with E-state index < -0.39 is 28.4 Å². The summed E-state index contributed by atoms with van der Waals surface area (Å²) < 4.78 is 24.3. The van der Waals surface area contributed by atoms with Crippen molar-refractivity contribution in [1.29, 1.82) is 0 Å². The lowest BCUT2D eigenvalue weighted by Crippen LogP contribution is -2.27. The number of benzene rings is 2. The molecular weight excluding hydrogens is 331 g/mol. The minimum absolute atomic E-state index is 0.273. The van der Waals surface area contributed by atoms with E-state index in [0.717, 1.165) is 12.1 Å². The summed E-state index contributed by atoms with van der Waals surface area (Å²) >= 11 is 0. The van der Waals surface area contributed by atoms with Crippen LogP contribution in [0.2, 0.25) is 0 Å². The summed E-state index contributed by atoms with van der Waals surface area (Å²) in [6.45, 7) is 1.71. The second-order valence-corrected chi connectivity index (χ2v) is 5.22. The topological polar surface area (TPSA) is 90.7 Å². The van der Waals surface area contributed by atoms with Crippen LogP contribution in [0.4, 0.5) is 10.1 Å². The summed E-state index contributed by atoms with van der Waals surface area (Å²) in [7, 11) is 3.01. The highest BCUT2D eigenvalue weighted by atomic mass is 19.1. The molecule has 8 heteroatoms. The quantitative estimate of drug-likeness (QED) is 0.639. The van der Waals surface area contributed by atoms with Crippen molar-refractivity contribution in [1.82, 2.24) is 5.32 Å². The van der Waals surface area contributed by atoms with Crippen LogP contribution < -0.4 is 14.8 Å². The molecule has 0 saturated carbocycles. The number of methoxy groups -OCH3 is 2. The monoisotopic (exact) mass is 348 g/mol. The SMILES string of the molecule is COc1ccc(C(C)NC(=O)c2ccc([N+](=O)[O-])cc2F)c(OC)c1. The summed E-state index contributed by atoms with van der Waals surface area (Å²) in [4.78, 5) is 22.2. The zero-order valence-corrected chi connectivity index (χ0v) is 13.9. The van der Waals surface area contributed by atoms with Gasteiger partial charge in [-0.1, -0.05) is 0 Å². The zero-order chi connectivity index (χ0) is 18.6. The third-order valence-corrected chi connectivity index (χ3v) is 3.66. The molecule has 0 saturated heterocycles. The molecule has 0 fully saturated rings. The molecule has 0 aliphatic carbocycles. The molecule has 2 aromatic rings. The maximum Gasteiger partial charge on any atom is 0.272 e. The Morgan fingerprint density at radius 3 is 2.48 bits per heavy atom. The van der Waals surface area contributed by atoms with Crippen LogP contribution in [0, 0.1) is 15.9 Å². The van der Waals surface area contributed by atoms with Crippen molar-refractivity contribution in [3.8, 4) is 11.5 Å². The van der Waals surface area contributed by atoms with Gasteiger partial charge < -0.3 is 14.8 Å². The van der Waals surface area contributed by atoms with Crippen molar-refractivity contribution < 1.29 is 23.6 Å². The minimum Gasteiger partial charge on any atom is -0.497 e. The fourth-order valence-electron chi connectivity index (χ4n) is 2.33. The van der Waals surface area contributed by atoms with E-state index in [9.17, 15) is 19.3 Å². The fraction of sp³-hybridized carbons (Fsp3) is 0.235. The number of hydrogen-bond acceptors (Lipinski definition) is 5. The largest absolute Gasteiger partial charge is 0.497 e. The number of non-ortho nitro benzene ring substituents is 1. The zero-order valence-electron chi connectivity index (χ0n) is 13.9. The van der Waals surface area contributed by atoms with Crippen molar-refractivity contribution in [3.63, 3.8) is 0 Å². The predicted octanol–water partition coefficient (Wildman–Crippen LogP) is 3.24. The summed E-state index contributed by atoms with van der Waals surface area (Å²) in [5.41, 5.74) is -0.0113. The van der Waals surface area contributed by atoms with Gasteiger partial charge in [0.15, 0.2) is 0 Å². The van der Waals surface area contributed by atoms with Crippen LogP contribution >= 0.6 is 0 Å². The first-order chi connectivity index (χ1) is 11.9. The summed E-state index contributed by atoms with van der Waals surface area (Å²) in [6, 6.07) is 7.51. The number of nitro benzene ring substituents is 1. The van der Waals surface area contributed by atoms with E-state index in [4.69, 9.17) is 9.47 Å². The minimum atomic E-state index is -0.958. The first-order valence-electron chi connectivity index (χ1n) is 7.34. The van der Waals surface area contributed by atoms with E-state index in [1.807, 2.05) is 0 Å². The maximum absolute atomic E-state index is 14.0. The molecule has 2 aromatic carbocycles. The lowest BCUT2D eigenvalue weighted by atomic mass is 10.1. The van der Waals surface area contributed by atoms with Gasteiger partial charge in [-0.2, -0.15) is 0 Å². The maximum atomic E-state index is 14.0. The molecule has 0 heterocycles. The normalized spacial score (nSPS) is 11.5. The number of hydrogen-bond donors (Lipinski definition) is 1. The summed E-state index contributed by atoms with van der Waals surface area (Å²) in [6.07, 6.45) is 0. The van der Waals surface area contributed by atoms with Crippen molar-refractivity contribution in [2.75, 3.05) is 14.2 Å². The van der Waals surface area contributed by atoms with Gasteiger partial charge in [-0.25, -0.2) is 4.39 Å². The molecular formula is C17H17FN2O5. The molecule has 1 unspecified atom stereocenters. The Labute approximate surface area is 143 Å². The van der Waals surface area contributed by atoms with Gasteiger partial charge in [0.1, 0.15) is 17.3 Å². The Bertz CT molecular complexity index is 810. The molecule has 1 N–H and O–H groups in total. The molecule has 0 aliphatic heterocycles. The van der Waals surface area contributed by atoms with Crippen LogP contribution in [0.3, 0.4) is 0 Å². The van der Waals surface area contributed by atoms with Gasteiger partial charge in [-0.05, 0) is 25.1 Å². The number of ether oxygens (including phenoxy) is 2. The van der Waals surface area contributed by atoms with E-state index in [-0.39, 0.29) is 5.56 Å². The molecule has 1 atom stereocenters. The number of nitrogens with one attached hydrogen (secondary N) is 1. The third kappa shape index (κ3) is 4.03. The molecule has 0 bridgehead atoms. The van der Waals surface area contributed by atoms with Gasteiger partial charge in [0, 0.05) is 17.7 Å². The molecule has 0 radical (unpaired) electrons. The van der Waals surface area contributed by atoms with Gasteiger partial charge in [-0.3, -0.25) is 14.9 Å². The lowest BCUT2D eigenvalue weighted by Gasteiger charge is -2.18. The van der Waals surface area contributed by atoms with Crippen LogP contribution in [-0.4, -0.2) is 25.1 Å². The highest BCUT2D eigenvalue weighted by Gasteiger charge is 2.20. The first kappa shape index (κ1) is 18.2. The number of nitro groups is 1. The van der Waals surface area contributed by atoms with Gasteiger partial charge >= 0.3 is 0 Å². The van der Waals surface area contributed by atoms with E-state index in [0.29, 0.717) is 23.1 Å². The highest BCUT2D eigenvalue weighted by Crippen LogP contribution is 2.29. The van der Waals surface area contributed by atoms with E-state index in [2.05, 4.69) is 5.32 Å². The van der Waals surface area contributed by atoms with Crippen molar-refractivity contribution in [3.05, 3.63) is 63.5 Å². The molecule has 0 spiro atoms. The Morgan fingerprint density at radius 1 is 1.20 bits per heavy atom. The summed E-state index contributed by atoms with van der Waals surface area (Å²) in [5, 5.41) is 13.3. The number of carbonyl (C=O) groups is 1. The molecule has 0 aliphatic rings. The lowest BCUT2D eigenvalue weighted by molar-refractivity contribution is -0.385. The smallest absolute Gasteiger partial charge is 0.272 e. The number of rotatable bonds is 6. The number of amides is 1. The molecule has 132 valence electrons. The number of halogens is 1. The van der Waals surface area contributed by atoms with Crippen LogP contribution in [0.1, 0.15) is 28.9 Å². The number of nitrogens with zero attached hydrogens (tertiary/aromatic N) is 1. The third-order valence-electron chi connectivity index (χ3n) is 3.66. The molecule has 7 nitrogen and oxygen atoms in total. The molecule has 0 aromatic heterocycles. The van der Waals surface area contributed by atoms with Gasteiger partial charge in [-0.15, -0.1) is 0 Å². The van der Waals surface area contributed by atoms with Crippen LogP contribution in [0.5, 0.6) is 11.5 Å². The summed E-state index contributed by atoms with van der Waals surface area (Å²) in [5.74, 6) is -0.532. The van der Waals surface area contributed by atoms with Crippen LogP contribution in [0.15, 0.2) is 36.4 Å². The van der Waals surface area contributed by atoms with Crippen LogP contribution in [-0.2, 0) is 0 Å². The molecule has 2 rings (SSSR count). The van der Waals surface area contributed by atoms with Crippen LogP contribution in [0.25, 0.3) is 0 Å². The Kier molecular flexibility index (Phi) is 5.53. The first-order valence-corrected chi connectivity index (χ1v) is 7.34. The van der Waals surface area contributed by atoms with Gasteiger partial charge in [0.05, 0.1) is 36.8 Å². The van der Waals surface area contributed by atoms with Crippen molar-refractivity contribution in [2.24, 2.45) is 0 Å². The van der Waals surface area contributed by atoms with E-state index in [1.54, 1.807) is 25.1 Å². The number of carbonyl (C=O) groups excluding carboxylic acids is 1. The average Bonchev–Trinajstić information content (AvgIpc) is 2.60.